The molecule has 0 amide bonds. The maximum Gasteiger partial charge on any atom is 0.261 e. The van der Waals surface area contributed by atoms with Crippen molar-refractivity contribution < 1.29 is 13.2 Å². The number of nitrogens with one attached hydrogen (secondary N) is 1. The number of pyridine rings is 1. The fourth-order valence-electron chi connectivity index (χ4n) is 1.68. The molecule has 21 heavy (non-hydrogen) atoms. The van der Waals surface area contributed by atoms with E-state index in [9.17, 15) is 13.2 Å². The average Bonchev–Trinajstić information content (AvgIpc) is 2.42. The Kier molecular flexibility index (Phi) is 4.24. The average molecular weight is 329 g/mol. The monoisotopic (exact) mass is 328 g/mol. The van der Waals surface area contributed by atoms with Crippen LogP contribution in [-0.2, 0) is 17.1 Å². The number of rotatable bonds is 4. The molecular formula is C13H13ClN2O4S. The second-order valence-corrected chi connectivity index (χ2v) is 6.36. The van der Waals surface area contributed by atoms with E-state index in [0.717, 1.165) is 0 Å². The minimum absolute atomic E-state index is 0.00199. The van der Waals surface area contributed by atoms with Crippen LogP contribution in [0.1, 0.15) is 0 Å². The van der Waals surface area contributed by atoms with Crippen LogP contribution in [0.25, 0.3) is 0 Å². The zero-order chi connectivity index (χ0) is 15.6. The standard InChI is InChI=1S/C13H13ClN2O4S/c1-16-8-9(3-6-13(16)17)15-21(18,19)10-4-5-12(20-2)11(14)7-10/h3-8,15H,1-2H3. The highest BCUT2D eigenvalue weighted by Crippen LogP contribution is 2.27. The lowest BCUT2D eigenvalue weighted by Gasteiger charge is -2.10. The molecule has 0 fully saturated rings. The number of nitrogens with zero attached hydrogens (tertiary/aromatic N) is 1. The first-order valence-electron chi connectivity index (χ1n) is 5.86. The highest BCUT2D eigenvalue weighted by atomic mass is 35.5. The highest BCUT2D eigenvalue weighted by molar-refractivity contribution is 7.92. The maximum absolute atomic E-state index is 12.3. The van der Waals surface area contributed by atoms with Crippen molar-refractivity contribution in [2.75, 3.05) is 11.8 Å². The number of hydrogen-bond acceptors (Lipinski definition) is 4. The van der Waals surface area contributed by atoms with Crippen molar-refractivity contribution in [2.45, 2.75) is 4.90 Å². The molecule has 112 valence electrons. The van der Waals surface area contributed by atoms with Crippen LogP contribution in [0.5, 0.6) is 5.75 Å². The molecule has 0 atom stereocenters. The Balaban J connectivity index is 2.35. The lowest BCUT2D eigenvalue weighted by Crippen LogP contribution is -2.18. The van der Waals surface area contributed by atoms with E-state index < -0.39 is 10.0 Å². The van der Waals surface area contributed by atoms with Crippen molar-refractivity contribution in [1.82, 2.24) is 4.57 Å². The molecule has 0 unspecified atom stereocenters. The summed E-state index contributed by atoms with van der Waals surface area (Å²) in [6.45, 7) is 0. The molecule has 1 aromatic heterocycles. The lowest BCUT2D eigenvalue weighted by molar-refractivity contribution is 0.414. The molecule has 0 spiro atoms. The Hall–Kier alpha value is -1.99. The number of halogens is 1. The predicted molar refractivity (Wildman–Crippen MR) is 80.5 cm³/mol. The lowest BCUT2D eigenvalue weighted by atomic mass is 10.3. The van der Waals surface area contributed by atoms with Gasteiger partial charge in [-0.2, -0.15) is 0 Å². The molecule has 2 aromatic rings. The second kappa shape index (κ2) is 5.79. The third kappa shape index (κ3) is 3.37. The first-order chi connectivity index (χ1) is 9.83. The summed E-state index contributed by atoms with van der Waals surface area (Å²) in [4.78, 5) is 11.3. The molecule has 0 saturated carbocycles. The molecular weight excluding hydrogens is 316 g/mol. The summed E-state index contributed by atoms with van der Waals surface area (Å²) in [6, 6.07) is 6.82. The molecule has 2 rings (SSSR count). The number of ether oxygens (including phenoxy) is 1. The van der Waals surface area contributed by atoms with E-state index in [4.69, 9.17) is 16.3 Å². The van der Waals surface area contributed by atoms with Crippen molar-refractivity contribution in [3.63, 3.8) is 0 Å². The van der Waals surface area contributed by atoms with Crippen molar-refractivity contribution >= 4 is 27.3 Å². The van der Waals surface area contributed by atoms with Gasteiger partial charge in [-0.15, -0.1) is 0 Å². The van der Waals surface area contributed by atoms with Gasteiger partial charge in [0, 0.05) is 19.3 Å². The van der Waals surface area contributed by atoms with Crippen LogP contribution in [0.2, 0.25) is 5.02 Å². The molecule has 1 N–H and O–H groups in total. The first kappa shape index (κ1) is 15.4. The summed E-state index contributed by atoms with van der Waals surface area (Å²) in [7, 11) is -0.821. The van der Waals surface area contributed by atoms with Gasteiger partial charge in [-0.25, -0.2) is 8.42 Å². The molecule has 6 nitrogen and oxygen atoms in total. The zero-order valence-corrected chi connectivity index (χ0v) is 12.9. The molecule has 0 bridgehead atoms. The van der Waals surface area contributed by atoms with E-state index in [0.29, 0.717) is 5.75 Å². The van der Waals surface area contributed by atoms with Crippen LogP contribution in [0.4, 0.5) is 5.69 Å². The number of methoxy groups -OCH3 is 1. The van der Waals surface area contributed by atoms with Crippen molar-refractivity contribution in [3.05, 3.63) is 51.9 Å². The molecule has 0 radical (unpaired) electrons. The van der Waals surface area contributed by atoms with Crippen LogP contribution < -0.4 is 15.0 Å². The van der Waals surface area contributed by atoms with Gasteiger partial charge in [0.1, 0.15) is 5.75 Å². The van der Waals surface area contributed by atoms with Gasteiger partial charge in [-0.3, -0.25) is 9.52 Å². The molecule has 1 heterocycles. The van der Waals surface area contributed by atoms with Gasteiger partial charge in [0.2, 0.25) is 5.56 Å². The fourth-order valence-corrected chi connectivity index (χ4v) is 3.07. The van der Waals surface area contributed by atoms with Gasteiger partial charge in [0.25, 0.3) is 10.0 Å². The maximum atomic E-state index is 12.3. The largest absolute Gasteiger partial charge is 0.495 e. The second-order valence-electron chi connectivity index (χ2n) is 4.27. The number of aromatic nitrogens is 1. The van der Waals surface area contributed by atoms with E-state index in [2.05, 4.69) is 4.72 Å². The van der Waals surface area contributed by atoms with Crippen molar-refractivity contribution in [2.24, 2.45) is 7.05 Å². The molecule has 0 saturated heterocycles. The van der Waals surface area contributed by atoms with Crippen molar-refractivity contribution in [3.8, 4) is 5.75 Å². The Morgan fingerprint density at radius 3 is 2.52 bits per heavy atom. The molecule has 8 heteroatoms. The summed E-state index contributed by atoms with van der Waals surface area (Å²) in [5.74, 6) is 0.387. The summed E-state index contributed by atoms with van der Waals surface area (Å²) >= 11 is 5.92. The Bertz CT molecular complexity index is 830. The van der Waals surface area contributed by atoms with Crippen LogP contribution in [0, 0.1) is 0 Å². The predicted octanol–water partition coefficient (Wildman–Crippen LogP) is 1.85. The van der Waals surface area contributed by atoms with E-state index in [1.807, 2.05) is 0 Å². The summed E-state index contributed by atoms with van der Waals surface area (Å²) in [5, 5.41) is 0.195. The third-order valence-corrected chi connectivity index (χ3v) is 4.45. The van der Waals surface area contributed by atoms with Gasteiger partial charge in [-0.05, 0) is 24.3 Å². The van der Waals surface area contributed by atoms with Gasteiger partial charge in [0.05, 0.1) is 22.7 Å². The molecule has 0 aliphatic rings. The highest BCUT2D eigenvalue weighted by Gasteiger charge is 2.16. The Labute approximate surface area is 127 Å². The minimum Gasteiger partial charge on any atom is -0.495 e. The van der Waals surface area contributed by atoms with E-state index in [-0.39, 0.29) is 21.2 Å². The third-order valence-electron chi connectivity index (χ3n) is 2.77. The van der Waals surface area contributed by atoms with Gasteiger partial charge in [-0.1, -0.05) is 11.6 Å². The minimum atomic E-state index is -3.80. The molecule has 1 aromatic carbocycles. The number of hydrogen-bond donors (Lipinski definition) is 1. The fraction of sp³-hybridized carbons (Fsp3) is 0.154. The van der Waals surface area contributed by atoms with E-state index in [1.54, 1.807) is 0 Å². The van der Waals surface area contributed by atoms with E-state index in [1.165, 1.54) is 55.3 Å². The van der Waals surface area contributed by atoms with Gasteiger partial charge >= 0.3 is 0 Å². The Morgan fingerprint density at radius 1 is 1.24 bits per heavy atom. The quantitative estimate of drug-likeness (QED) is 0.929. The van der Waals surface area contributed by atoms with Crippen LogP contribution in [-0.4, -0.2) is 20.1 Å². The van der Waals surface area contributed by atoms with Crippen LogP contribution in [0.3, 0.4) is 0 Å². The Morgan fingerprint density at radius 2 is 1.95 bits per heavy atom. The van der Waals surface area contributed by atoms with E-state index >= 15 is 0 Å². The summed E-state index contributed by atoms with van der Waals surface area (Å²) in [5.41, 5.74) is 0.0504. The smallest absolute Gasteiger partial charge is 0.261 e. The topological polar surface area (TPSA) is 77.4 Å². The molecule has 0 aliphatic heterocycles. The van der Waals surface area contributed by atoms with Gasteiger partial charge in [0.15, 0.2) is 0 Å². The number of sulfonamides is 1. The summed E-state index contributed by atoms with van der Waals surface area (Å²) < 4.78 is 33.1. The van der Waals surface area contributed by atoms with Gasteiger partial charge < -0.3 is 9.30 Å². The van der Waals surface area contributed by atoms with Crippen LogP contribution >= 0.6 is 11.6 Å². The van der Waals surface area contributed by atoms with Crippen molar-refractivity contribution in [1.29, 1.82) is 0 Å². The number of benzene rings is 1. The summed E-state index contributed by atoms with van der Waals surface area (Å²) in [6.07, 6.45) is 1.39. The van der Waals surface area contributed by atoms with Crippen LogP contribution in [0.15, 0.2) is 46.2 Å². The molecule has 0 aliphatic carbocycles. The number of anilines is 1. The number of aryl methyl sites for hydroxylation is 1. The first-order valence-corrected chi connectivity index (χ1v) is 7.72. The SMILES string of the molecule is COc1ccc(S(=O)(=O)Nc2ccc(=O)n(C)c2)cc1Cl. The zero-order valence-electron chi connectivity index (χ0n) is 11.3. The normalized spacial score (nSPS) is 11.2.